The van der Waals surface area contributed by atoms with E-state index in [0.717, 1.165) is 21.5 Å². The van der Waals surface area contributed by atoms with E-state index in [0.29, 0.717) is 5.56 Å². The Hall–Kier alpha value is -1.26. The fraction of sp³-hybridized carbons (Fsp3) is 0.133. The van der Waals surface area contributed by atoms with Crippen molar-refractivity contribution >= 4 is 39.3 Å². The van der Waals surface area contributed by atoms with Gasteiger partial charge in [0.15, 0.2) is 0 Å². The molecule has 0 atom stereocenters. The molecule has 0 radical (unpaired) electrons. The van der Waals surface area contributed by atoms with E-state index in [1.54, 1.807) is 11.8 Å². The summed E-state index contributed by atoms with van der Waals surface area (Å²) in [5.41, 5.74) is 2.62. The Bertz CT molecular complexity index is 569. The highest BCUT2D eigenvalue weighted by Gasteiger charge is 2.06. The third-order valence-corrected chi connectivity index (χ3v) is 4.08. The second-order valence-electron chi connectivity index (χ2n) is 4.02. The van der Waals surface area contributed by atoms with Gasteiger partial charge in [-0.15, -0.1) is 11.8 Å². The summed E-state index contributed by atoms with van der Waals surface area (Å²) in [6, 6.07) is 15.4. The number of amides is 1. The SMILES string of the molecule is CSc1ccc(C(=O)Nc2cccc(CBr)c2)cc1. The van der Waals surface area contributed by atoms with Crippen molar-refractivity contribution in [3.05, 3.63) is 59.7 Å². The molecule has 0 bridgehead atoms. The maximum absolute atomic E-state index is 12.1. The average Bonchev–Trinajstić information content (AvgIpc) is 2.47. The minimum absolute atomic E-state index is 0.0839. The summed E-state index contributed by atoms with van der Waals surface area (Å²) in [7, 11) is 0. The second kappa shape index (κ2) is 6.78. The molecule has 0 aliphatic heterocycles. The largest absolute Gasteiger partial charge is 0.322 e. The van der Waals surface area contributed by atoms with Gasteiger partial charge in [0.05, 0.1) is 0 Å². The minimum atomic E-state index is -0.0839. The van der Waals surface area contributed by atoms with Crippen molar-refractivity contribution in [2.75, 3.05) is 11.6 Å². The lowest BCUT2D eigenvalue weighted by molar-refractivity contribution is 0.102. The second-order valence-corrected chi connectivity index (χ2v) is 5.46. The molecule has 0 aliphatic carbocycles. The number of carbonyl (C=O) groups excluding carboxylic acids is 1. The number of hydrogen-bond donors (Lipinski definition) is 1. The molecule has 4 heteroatoms. The number of hydrogen-bond acceptors (Lipinski definition) is 2. The van der Waals surface area contributed by atoms with Gasteiger partial charge in [0.1, 0.15) is 0 Å². The molecule has 2 aromatic rings. The standard InChI is InChI=1S/C15H14BrNOS/c1-19-14-7-5-12(6-8-14)15(18)17-13-4-2-3-11(9-13)10-16/h2-9H,10H2,1H3,(H,17,18). The predicted molar refractivity (Wildman–Crippen MR) is 85.2 cm³/mol. The van der Waals surface area contributed by atoms with Crippen molar-refractivity contribution in [1.82, 2.24) is 0 Å². The summed E-state index contributed by atoms with van der Waals surface area (Å²) in [5, 5.41) is 3.68. The van der Waals surface area contributed by atoms with Gasteiger partial charge in [-0.05, 0) is 48.2 Å². The third kappa shape index (κ3) is 3.85. The van der Waals surface area contributed by atoms with Gasteiger partial charge in [-0.1, -0.05) is 28.1 Å². The first-order valence-corrected chi connectivity index (χ1v) is 8.18. The fourth-order valence-corrected chi connectivity index (χ4v) is 2.43. The van der Waals surface area contributed by atoms with Gasteiger partial charge in [-0.25, -0.2) is 0 Å². The Balaban J connectivity index is 2.11. The molecule has 1 N–H and O–H groups in total. The number of benzene rings is 2. The molecule has 2 nitrogen and oxygen atoms in total. The highest BCUT2D eigenvalue weighted by Crippen LogP contribution is 2.17. The van der Waals surface area contributed by atoms with Crippen molar-refractivity contribution < 1.29 is 4.79 Å². The summed E-state index contributed by atoms with van der Waals surface area (Å²) in [5.74, 6) is -0.0839. The molecule has 19 heavy (non-hydrogen) atoms. The first-order chi connectivity index (χ1) is 9.22. The third-order valence-electron chi connectivity index (χ3n) is 2.69. The van der Waals surface area contributed by atoms with E-state index in [1.165, 1.54) is 0 Å². The highest BCUT2D eigenvalue weighted by molar-refractivity contribution is 9.08. The Labute approximate surface area is 125 Å². The van der Waals surface area contributed by atoms with E-state index in [4.69, 9.17) is 0 Å². The first-order valence-electron chi connectivity index (χ1n) is 5.83. The Morgan fingerprint density at radius 3 is 2.58 bits per heavy atom. The van der Waals surface area contributed by atoms with E-state index in [-0.39, 0.29) is 5.91 Å². The van der Waals surface area contributed by atoms with Crippen LogP contribution in [0.25, 0.3) is 0 Å². The van der Waals surface area contributed by atoms with Gasteiger partial charge < -0.3 is 5.32 Å². The number of halogens is 1. The summed E-state index contributed by atoms with van der Waals surface area (Å²) >= 11 is 5.06. The fourth-order valence-electron chi connectivity index (χ4n) is 1.68. The van der Waals surface area contributed by atoms with Crippen molar-refractivity contribution in [3.63, 3.8) is 0 Å². The molecule has 0 aliphatic rings. The lowest BCUT2D eigenvalue weighted by Crippen LogP contribution is -2.11. The topological polar surface area (TPSA) is 29.1 Å². The minimum Gasteiger partial charge on any atom is -0.322 e. The number of carbonyl (C=O) groups is 1. The monoisotopic (exact) mass is 335 g/mol. The van der Waals surface area contributed by atoms with Crippen LogP contribution in [0.4, 0.5) is 5.69 Å². The van der Waals surface area contributed by atoms with E-state index in [1.807, 2.05) is 54.8 Å². The molecule has 0 aromatic heterocycles. The summed E-state index contributed by atoms with van der Waals surface area (Å²) < 4.78 is 0. The number of rotatable bonds is 4. The van der Waals surface area contributed by atoms with Gasteiger partial charge in [0.25, 0.3) is 5.91 Å². The molecule has 2 aromatic carbocycles. The van der Waals surface area contributed by atoms with E-state index < -0.39 is 0 Å². The average molecular weight is 336 g/mol. The lowest BCUT2D eigenvalue weighted by Gasteiger charge is -2.07. The van der Waals surface area contributed by atoms with Crippen LogP contribution in [0.15, 0.2) is 53.4 Å². The summed E-state index contributed by atoms with van der Waals surface area (Å²) in [4.78, 5) is 13.2. The molecule has 0 heterocycles. The zero-order valence-corrected chi connectivity index (χ0v) is 12.9. The van der Waals surface area contributed by atoms with Crippen molar-refractivity contribution in [1.29, 1.82) is 0 Å². The van der Waals surface area contributed by atoms with E-state index in [9.17, 15) is 4.79 Å². The van der Waals surface area contributed by atoms with Crippen LogP contribution < -0.4 is 5.32 Å². The highest BCUT2D eigenvalue weighted by atomic mass is 79.9. The molecule has 0 saturated carbocycles. The van der Waals surface area contributed by atoms with Crippen molar-refractivity contribution in [3.8, 4) is 0 Å². The van der Waals surface area contributed by atoms with Gasteiger partial charge >= 0.3 is 0 Å². The molecular weight excluding hydrogens is 322 g/mol. The maximum Gasteiger partial charge on any atom is 0.255 e. The normalized spacial score (nSPS) is 10.2. The van der Waals surface area contributed by atoms with Crippen molar-refractivity contribution in [2.45, 2.75) is 10.2 Å². The van der Waals surface area contributed by atoms with Crippen molar-refractivity contribution in [2.24, 2.45) is 0 Å². The van der Waals surface area contributed by atoms with Crippen LogP contribution in [0.3, 0.4) is 0 Å². The van der Waals surface area contributed by atoms with Crippen LogP contribution in [0.1, 0.15) is 15.9 Å². The lowest BCUT2D eigenvalue weighted by atomic mass is 10.2. The predicted octanol–water partition coefficient (Wildman–Crippen LogP) is 4.56. The number of alkyl halides is 1. The number of nitrogens with one attached hydrogen (secondary N) is 1. The van der Waals surface area contributed by atoms with Gasteiger partial charge in [0.2, 0.25) is 0 Å². The Morgan fingerprint density at radius 2 is 1.95 bits per heavy atom. The number of thioether (sulfide) groups is 1. The van der Waals surface area contributed by atoms with Gasteiger partial charge in [0, 0.05) is 21.5 Å². The van der Waals surface area contributed by atoms with E-state index >= 15 is 0 Å². The molecule has 2 rings (SSSR count). The van der Waals surface area contributed by atoms with Crippen LogP contribution in [-0.4, -0.2) is 12.2 Å². The van der Waals surface area contributed by atoms with Gasteiger partial charge in [-0.3, -0.25) is 4.79 Å². The maximum atomic E-state index is 12.1. The molecule has 0 spiro atoms. The Morgan fingerprint density at radius 1 is 1.21 bits per heavy atom. The van der Waals surface area contributed by atoms with Crippen LogP contribution in [0.2, 0.25) is 0 Å². The van der Waals surface area contributed by atoms with E-state index in [2.05, 4.69) is 21.2 Å². The molecule has 1 amide bonds. The first kappa shape index (κ1) is 14.2. The van der Waals surface area contributed by atoms with Crippen LogP contribution in [0.5, 0.6) is 0 Å². The zero-order chi connectivity index (χ0) is 13.7. The van der Waals surface area contributed by atoms with Crippen LogP contribution in [0, 0.1) is 0 Å². The van der Waals surface area contributed by atoms with Crippen LogP contribution >= 0.6 is 27.7 Å². The summed E-state index contributed by atoms with van der Waals surface area (Å²) in [6.07, 6.45) is 2.01. The quantitative estimate of drug-likeness (QED) is 0.655. The van der Waals surface area contributed by atoms with Gasteiger partial charge in [-0.2, -0.15) is 0 Å². The smallest absolute Gasteiger partial charge is 0.255 e. The van der Waals surface area contributed by atoms with Crippen LogP contribution in [-0.2, 0) is 5.33 Å². The molecule has 0 saturated heterocycles. The zero-order valence-electron chi connectivity index (χ0n) is 10.5. The molecule has 98 valence electrons. The Kier molecular flexibility index (Phi) is 5.05. The number of anilines is 1. The molecular formula is C15H14BrNOS. The molecule has 0 fully saturated rings. The molecule has 0 unspecified atom stereocenters. The summed E-state index contributed by atoms with van der Waals surface area (Å²) in [6.45, 7) is 0.